The van der Waals surface area contributed by atoms with Gasteiger partial charge in [-0.05, 0) is 17.5 Å². The molecule has 0 aliphatic carbocycles. The average Bonchev–Trinajstić information content (AvgIpc) is 2.28. The van der Waals surface area contributed by atoms with E-state index in [1.165, 1.54) is 0 Å². The first-order valence-corrected chi connectivity index (χ1v) is 7.45. The number of nitrogen functional groups attached to an aromatic ring is 1. The Balaban J connectivity index is 2.80. The molecule has 0 radical (unpaired) electrons. The van der Waals surface area contributed by atoms with Gasteiger partial charge in [-0.2, -0.15) is 0 Å². The molecule has 5 nitrogen and oxygen atoms in total. The third kappa shape index (κ3) is 4.29. The molecule has 6 heteroatoms. The summed E-state index contributed by atoms with van der Waals surface area (Å²) in [7, 11) is -3.50. The molecule has 18 heavy (non-hydrogen) atoms. The molecule has 0 spiro atoms. The molecule has 0 amide bonds. The Labute approximate surface area is 108 Å². The minimum atomic E-state index is -3.50. The maximum Gasteiger partial charge on any atom is 0.216 e. The number of nitrogens with one attached hydrogen (secondary N) is 1. The molecule has 1 rings (SSSR count). The number of aliphatic hydroxyl groups is 1. The fourth-order valence-corrected chi connectivity index (χ4v) is 3.09. The van der Waals surface area contributed by atoms with Crippen molar-refractivity contribution in [2.24, 2.45) is 5.92 Å². The van der Waals surface area contributed by atoms with Crippen molar-refractivity contribution in [3.05, 3.63) is 29.8 Å². The zero-order valence-electron chi connectivity index (χ0n) is 10.6. The minimum absolute atomic E-state index is 0.0258. The largest absolute Gasteiger partial charge is 0.398 e. The summed E-state index contributed by atoms with van der Waals surface area (Å²) < 4.78 is 26.4. The molecule has 1 aromatic rings. The van der Waals surface area contributed by atoms with Crippen LogP contribution in [0.25, 0.3) is 0 Å². The quantitative estimate of drug-likeness (QED) is 0.665. The third-order valence-corrected chi connectivity index (χ3v) is 4.09. The number of benzene rings is 1. The number of nitrogens with two attached hydrogens (primary N) is 1. The summed E-state index contributed by atoms with van der Waals surface area (Å²) in [5, 5.41) is 9.13. The second-order valence-corrected chi connectivity index (χ2v) is 6.36. The molecule has 0 unspecified atom stereocenters. The van der Waals surface area contributed by atoms with Gasteiger partial charge >= 0.3 is 0 Å². The first kappa shape index (κ1) is 14.9. The van der Waals surface area contributed by atoms with Gasteiger partial charge in [0.2, 0.25) is 10.0 Å². The third-order valence-electron chi connectivity index (χ3n) is 2.73. The standard InChI is InChI=1S/C12H20N2O3S/c1-9(2)12(7-15)14-18(16,17)8-10-5-3-4-6-11(10)13/h3-6,9,12,14-15H,7-8,13H2,1-2H3/t12-/m1/s1. The zero-order chi connectivity index (χ0) is 13.8. The minimum Gasteiger partial charge on any atom is -0.398 e. The van der Waals surface area contributed by atoms with Crippen LogP contribution in [0.15, 0.2) is 24.3 Å². The van der Waals surface area contributed by atoms with Crippen LogP contribution in [0, 0.1) is 5.92 Å². The molecule has 0 heterocycles. The maximum absolute atomic E-state index is 11.9. The van der Waals surface area contributed by atoms with Gasteiger partial charge in [-0.25, -0.2) is 13.1 Å². The normalized spacial score (nSPS) is 13.8. The van der Waals surface area contributed by atoms with Gasteiger partial charge in [0, 0.05) is 11.7 Å². The summed E-state index contributed by atoms with van der Waals surface area (Å²) in [6.45, 7) is 3.47. The summed E-state index contributed by atoms with van der Waals surface area (Å²) in [4.78, 5) is 0. The Morgan fingerprint density at radius 3 is 2.44 bits per heavy atom. The predicted molar refractivity (Wildman–Crippen MR) is 72.3 cm³/mol. The second kappa shape index (κ2) is 6.17. The van der Waals surface area contributed by atoms with E-state index in [1.807, 2.05) is 13.8 Å². The fraction of sp³-hybridized carbons (Fsp3) is 0.500. The molecule has 4 N–H and O–H groups in total. The number of para-hydroxylation sites is 1. The highest BCUT2D eigenvalue weighted by Gasteiger charge is 2.20. The van der Waals surface area contributed by atoms with Gasteiger partial charge < -0.3 is 10.8 Å². The van der Waals surface area contributed by atoms with Crippen molar-refractivity contribution in [2.45, 2.75) is 25.6 Å². The highest BCUT2D eigenvalue weighted by Crippen LogP contribution is 2.14. The van der Waals surface area contributed by atoms with E-state index in [0.717, 1.165) is 0 Å². The lowest BCUT2D eigenvalue weighted by Gasteiger charge is -2.20. The van der Waals surface area contributed by atoms with E-state index in [1.54, 1.807) is 24.3 Å². The number of anilines is 1. The van der Waals surface area contributed by atoms with Crippen molar-refractivity contribution in [2.75, 3.05) is 12.3 Å². The molecule has 0 aromatic heterocycles. The molecule has 0 saturated carbocycles. The average molecular weight is 272 g/mol. The first-order valence-electron chi connectivity index (χ1n) is 5.80. The van der Waals surface area contributed by atoms with Gasteiger partial charge in [-0.3, -0.25) is 0 Å². The van der Waals surface area contributed by atoms with Crippen LogP contribution in [0.5, 0.6) is 0 Å². The molecule has 1 atom stereocenters. The lowest BCUT2D eigenvalue weighted by molar-refractivity contribution is 0.227. The summed E-state index contributed by atoms with van der Waals surface area (Å²) >= 11 is 0. The molecule has 0 fully saturated rings. The SMILES string of the molecule is CC(C)[C@@H](CO)NS(=O)(=O)Cc1ccccc1N. The lowest BCUT2D eigenvalue weighted by Crippen LogP contribution is -2.41. The monoisotopic (exact) mass is 272 g/mol. The second-order valence-electron chi connectivity index (χ2n) is 4.61. The number of sulfonamides is 1. The summed E-state index contributed by atoms with van der Waals surface area (Å²) in [5.41, 5.74) is 6.72. The molecule has 0 aliphatic heterocycles. The summed E-state index contributed by atoms with van der Waals surface area (Å²) in [6, 6.07) is 6.37. The van der Waals surface area contributed by atoms with E-state index in [0.29, 0.717) is 11.3 Å². The number of hydrogen-bond acceptors (Lipinski definition) is 4. The van der Waals surface area contributed by atoms with Gasteiger partial charge in [0.1, 0.15) is 0 Å². The maximum atomic E-state index is 11.9. The molecular weight excluding hydrogens is 252 g/mol. The molecular formula is C12H20N2O3S. The predicted octanol–water partition coefficient (Wildman–Crippen LogP) is 0.705. The number of rotatable bonds is 6. The van der Waals surface area contributed by atoms with E-state index >= 15 is 0 Å². The zero-order valence-corrected chi connectivity index (χ0v) is 11.4. The number of hydrogen-bond donors (Lipinski definition) is 3. The van der Waals surface area contributed by atoms with Crippen LogP contribution < -0.4 is 10.5 Å². The van der Waals surface area contributed by atoms with Crippen LogP contribution in [-0.2, 0) is 15.8 Å². The van der Waals surface area contributed by atoms with Gasteiger partial charge in [0.25, 0.3) is 0 Å². The van der Waals surface area contributed by atoms with Crippen LogP contribution in [0.4, 0.5) is 5.69 Å². The molecule has 102 valence electrons. The van der Waals surface area contributed by atoms with Crippen LogP contribution in [0.2, 0.25) is 0 Å². The Hall–Kier alpha value is -1.11. The molecule has 0 saturated heterocycles. The van der Waals surface area contributed by atoms with Crippen LogP contribution in [0.1, 0.15) is 19.4 Å². The Kier molecular flexibility index (Phi) is 5.13. The van der Waals surface area contributed by atoms with Crippen LogP contribution in [-0.4, -0.2) is 26.2 Å². The number of aliphatic hydroxyl groups excluding tert-OH is 1. The smallest absolute Gasteiger partial charge is 0.216 e. The topological polar surface area (TPSA) is 92.4 Å². The molecule has 1 aromatic carbocycles. The fourth-order valence-electron chi connectivity index (χ4n) is 1.53. The first-order chi connectivity index (χ1) is 8.35. The van der Waals surface area contributed by atoms with Crippen LogP contribution in [0.3, 0.4) is 0 Å². The highest BCUT2D eigenvalue weighted by atomic mass is 32.2. The van der Waals surface area contributed by atoms with Gasteiger partial charge in [-0.1, -0.05) is 32.0 Å². The van der Waals surface area contributed by atoms with Crippen molar-refractivity contribution in [1.29, 1.82) is 0 Å². The van der Waals surface area contributed by atoms with Gasteiger partial charge in [0.05, 0.1) is 12.4 Å². The van der Waals surface area contributed by atoms with E-state index in [9.17, 15) is 8.42 Å². The van der Waals surface area contributed by atoms with E-state index in [4.69, 9.17) is 10.8 Å². The van der Waals surface area contributed by atoms with Crippen molar-refractivity contribution in [1.82, 2.24) is 4.72 Å². The Bertz CT molecular complexity index is 486. The van der Waals surface area contributed by atoms with E-state index in [-0.39, 0.29) is 18.3 Å². The highest BCUT2D eigenvalue weighted by molar-refractivity contribution is 7.88. The van der Waals surface area contributed by atoms with E-state index in [2.05, 4.69) is 4.72 Å². The van der Waals surface area contributed by atoms with Crippen molar-refractivity contribution >= 4 is 15.7 Å². The van der Waals surface area contributed by atoms with Gasteiger partial charge in [0.15, 0.2) is 0 Å². The van der Waals surface area contributed by atoms with Crippen molar-refractivity contribution in [3.8, 4) is 0 Å². The Morgan fingerprint density at radius 2 is 1.94 bits per heavy atom. The van der Waals surface area contributed by atoms with Gasteiger partial charge in [-0.15, -0.1) is 0 Å². The molecule has 0 aliphatic rings. The van der Waals surface area contributed by atoms with Crippen molar-refractivity contribution < 1.29 is 13.5 Å². The lowest BCUT2D eigenvalue weighted by atomic mass is 10.1. The Morgan fingerprint density at radius 1 is 1.33 bits per heavy atom. The van der Waals surface area contributed by atoms with Crippen molar-refractivity contribution in [3.63, 3.8) is 0 Å². The molecule has 0 bridgehead atoms. The summed E-state index contributed by atoms with van der Waals surface area (Å²) in [5.74, 6) is -0.152. The van der Waals surface area contributed by atoms with E-state index < -0.39 is 16.1 Å². The summed E-state index contributed by atoms with van der Waals surface area (Å²) in [6.07, 6.45) is 0. The van der Waals surface area contributed by atoms with Crippen LogP contribution >= 0.6 is 0 Å².